The third kappa shape index (κ3) is 2.46. The van der Waals surface area contributed by atoms with Crippen molar-refractivity contribution < 1.29 is 8.78 Å². The van der Waals surface area contributed by atoms with Crippen LogP contribution in [-0.2, 0) is 0 Å². The molecule has 3 nitrogen and oxygen atoms in total. The van der Waals surface area contributed by atoms with Gasteiger partial charge in [-0.25, -0.2) is 13.5 Å². The Kier molecular flexibility index (Phi) is 3.94. The van der Waals surface area contributed by atoms with Gasteiger partial charge in [0.2, 0.25) is 0 Å². The molecule has 7 heteroatoms. The van der Waals surface area contributed by atoms with Gasteiger partial charge in [0, 0.05) is 11.8 Å². The van der Waals surface area contributed by atoms with Crippen LogP contribution in [-0.4, -0.2) is 9.78 Å². The highest BCUT2D eigenvalue weighted by Gasteiger charge is 2.17. The molecule has 1 heterocycles. The predicted octanol–water partition coefficient (Wildman–Crippen LogP) is 3.97. The number of hydrogen-bond donors (Lipinski definition) is 0. The third-order valence-electron chi connectivity index (χ3n) is 2.50. The molecule has 2 rings (SSSR count). The van der Waals surface area contributed by atoms with Crippen LogP contribution in [0, 0.1) is 23.7 Å². The van der Waals surface area contributed by atoms with E-state index in [1.54, 1.807) is 0 Å². The summed E-state index contributed by atoms with van der Waals surface area (Å²) in [6.45, 7) is 0. The summed E-state index contributed by atoms with van der Waals surface area (Å²) in [6.07, 6.45) is 3.93. The van der Waals surface area contributed by atoms with Crippen LogP contribution >= 0.6 is 23.2 Å². The fraction of sp³-hybridized carbons (Fsp3) is 0.0769. The van der Waals surface area contributed by atoms with Crippen LogP contribution in [0.5, 0.6) is 0 Å². The number of nitrogens with zero attached hydrogens (tertiary/aromatic N) is 3. The van der Waals surface area contributed by atoms with Gasteiger partial charge in [0.1, 0.15) is 11.8 Å². The van der Waals surface area contributed by atoms with Crippen LogP contribution in [0.15, 0.2) is 18.3 Å². The van der Waals surface area contributed by atoms with Crippen LogP contribution in [0.1, 0.15) is 23.2 Å². The van der Waals surface area contributed by atoms with Gasteiger partial charge in [-0.05, 0) is 12.1 Å². The van der Waals surface area contributed by atoms with Crippen molar-refractivity contribution >= 4 is 23.2 Å². The van der Waals surface area contributed by atoms with Crippen molar-refractivity contribution in [3.05, 3.63) is 45.2 Å². The Morgan fingerprint density at radius 1 is 1.30 bits per heavy atom. The minimum Gasteiger partial charge on any atom is -0.235 e. The zero-order valence-electron chi connectivity index (χ0n) is 9.74. The third-order valence-corrected chi connectivity index (χ3v) is 3.07. The lowest BCUT2D eigenvalue weighted by molar-refractivity contribution is 0.151. The predicted molar refractivity (Wildman–Crippen MR) is 71.2 cm³/mol. The summed E-state index contributed by atoms with van der Waals surface area (Å²) in [5.41, 5.74) is 0.180. The largest absolute Gasteiger partial charge is 0.263 e. The van der Waals surface area contributed by atoms with E-state index in [1.807, 2.05) is 6.07 Å². The number of rotatable bonds is 2. The number of aromatic nitrogens is 2. The van der Waals surface area contributed by atoms with Gasteiger partial charge < -0.3 is 0 Å². The Hall–Kier alpha value is -2.08. The Morgan fingerprint density at radius 2 is 1.90 bits per heavy atom. The van der Waals surface area contributed by atoms with E-state index in [2.05, 4.69) is 11.0 Å². The van der Waals surface area contributed by atoms with Crippen molar-refractivity contribution in [1.29, 1.82) is 5.26 Å². The Bertz CT molecular complexity index is 699. The number of hydrogen-bond acceptors (Lipinski definition) is 2. The fourth-order valence-electron chi connectivity index (χ4n) is 1.61. The van der Waals surface area contributed by atoms with E-state index in [4.69, 9.17) is 34.9 Å². The van der Waals surface area contributed by atoms with Crippen molar-refractivity contribution in [2.45, 2.75) is 6.43 Å². The van der Waals surface area contributed by atoms with E-state index in [-0.39, 0.29) is 32.6 Å². The van der Waals surface area contributed by atoms with Gasteiger partial charge in [0.05, 0.1) is 15.6 Å². The maximum atomic E-state index is 12.6. The molecule has 0 spiro atoms. The summed E-state index contributed by atoms with van der Waals surface area (Å²) in [5.74, 6) is 2.29. The molecule has 2 aromatic rings. The first-order valence-corrected chi connectivity index (χ1v) is 5.97. The first-order chi connectivity index (χ1) is 9.47. The summed E-state index contributed by atoms with van der Waals surface area (Å²) in [7, 11) is 0. The highest BCUT2D eigenvalue weighted by atomic mass is 35.5. The second-order valence-corrected chi connectivity index (χ2v) is 4.54. The van der Waals surface area contributed by atoms with Gasteiger partial charge in [-0.15, -0.1) is 6.42 Å². The van der Waals surface area contributed by atoms with Crippen LogP contribution in [0.25, 0.3) is 5.69 Å². The second-order valence-electron chi connectivity index (χ2n) is 3.73. The number of benzene rings is 1. The van der Waals surface area contributed by atoms with E-state index in [0.717, 1.165) is 12.1 Å². The Labute approximate surface area is 123 Å². The maximum Gasteiger partial charge on any atom is 0.263 e. The lowest BCUT2D eigenvalue weighted by Crippen LogP contribution is -1.99. The van der Waals surface area contributed by atoms with Crippen molar-refractivity contribution in [1.82, 2.24) is 9.78 Å². The second kappa shape index (κ2) is 5.50. The highest BCUT2D eigenvalue weighted by molar-refractivity contribution is 6.37. The van der Waals surface area contributed by atoms with Gasteiger partial charge >= 0.3 is 0 Å². The van der Waals surface area contributed by atoms with Gasteiger partial charge in [-0.3, -0.25) is 0 Å². The smallest absolute Gasteiger partial charge is 0.235 e. The van der Waals surface area contributed by atoms with Gasteiger partial charge in [-0.1, -0.05) is 29.1 Å². The molecule has 0 aliphatic heterocycles. The van der Waals surface area contributed by atoms with Crippen LogP contribution in [0.2, 0.25) is 10.0 Å². The lowest BCUT2D eigenvalue weighted by atomic mass is 10.2. The first-order valence-electron chi connectivity index (χ1n) is 5.21. The standard InChI is InChI=1S/C13H5Cl2F2N3/c1-2-7-6-20(19-11(7)5-18)12-9(14)3-8(13(16)17)4-10(12)15/h1,3-4,6,13H. The molecule has 0 amide bonds. The van der Waals surface area contributed by atoms with Crippen molar-refractivity contribution in [3.8, 4) is 24.1 Å². The summed E-state index contributed by atoms with van der Waals surface area (Å²) < 4.78 is 26.5. The minimum atomic E-state index is -2.69. The molecule has 0 aliphatic rings. The molecule has 0 radical (unpaired) electrons. The van der Waals surface area contributed by atoms with Crippen molar-refractivity contribution in [2.24, 2.45) is 0 Å². The van der Waals surface area contributed by atoms with Crippen LogP contribution in [0.4, 0.5) is 8.78 Å². The molecule has 0 unspecified atom stereocenters. The van der Waals surface area contributed by atoms with Gasteiger partial charge in [0.15, 0.2) is 5.69 Å². The molecular weight excluding hydrogens is 307 g/mol. The number of terminal acetylenes is 1. The molecule has 0 saturated carbocycles. The monoisotopic (exact) mass is 311 g/mol. The minimum absolute atomic E-state index is 0.0108. The summed E-state index contributed by atoms with van der Waals surface area (Å²) >= 11 is 11.9. The molecule has 100 valence electrons. The Balaban J connectivity index is 2.63. The van der Waals surface area contributed by atoms with Gasteiger partial charge in [-0.2, -0.15) is 10.4 Å². The van der Waals surface area contributed by atoms with Crippen molar-refractivity contribution in [2.75, 3.05) is 0 Å². The zero-order chi connectivity index (χ0) is 14.9. The van der Waals surface area contributed by atoms with E-state index < -0.39 is 6.43 Å². The molecule has 0 atom stereocenters. The molecule has 20 heavy (non-hydrogen) atoms. The summed E-state index contributed by atoms with van der Waals surface area (Å²) in [6, 6.07) is 4.01. The topological polar surface area (TPSA) is 41.6 Å². The quantitative estimate of drug-likeness (QED) is 0.787. The SMILES string of the molecule is C#Cc1cn(-c2c(Cl)cc(C(F)F)cc2Cl)nc1C#N. The average molecular weight is 312 g/mol. The molecule has 0 N–H and O–H groups in total. The molecular formula is C13H5Cl2F2N3. The summed E-state index contributed by atoms with van der Waals surface area (Å²) in [4.78, 5) is 0. The van der Waals surface area contributed by atoms with Crippen LogP contribution in [0.3, 0.4) is 0 Å². The molecule has 0 aliphatic carbocycles. The Morgan fingerprint density at radius 3 is 2.30 bits per heavy atom. The first kappa shape index (κ1) is 14.3. The van der Waals surface area contributed by atoms with Crippen molar-refractivity contribution in [3.63, 3.8) is 0 Å². The average Bonchev–Trinajstić information content (AvgIpc) is 2.80. The molecule has 0 saturated heterocycles. The summed E-state index contributed by atoms with van der Waals surface area (Å²) in [5, 5.41) is 12.8. The van der Waals surface area contributed by atoms with E-state index in [1.165, 1.54) is 10.9 Å². The molecule has 0 fully saturated rings. The lowest BCUT2D eigenvalue weighted by Gasteiger charge is -2.09. The number of halogens is 4. The number of nitriles is 1. The maximum absolute atomic E-state index is 12.6. The fourth-order valence-corrected chi connectivity index (χ4v) is 2.28. The van der Waals surface area contributed by atoms with E-state index in [9.17, 15) is 8.78 Å². The molecule has 1 aromatic heterocycles. The highest BCUT2D eigenvalue weighted by Crippen LogP contribution is 2.33. The zero-order valence-corrected chi connectivity index (χ0v) is 11.3. The number of alkyl halides is 2. The molecule has 0 bridgehead atoms. The van der Waals surface area contributed by atoms with Crippen LogP contribution < -0.4 is 0 Å². The van der Waals surface area contributed by atoms with E-state index >= 15 is 0 Å². The molecule has 1 aromatic carbocycles. The van der Waals surface area contributed by atoms with E-state index in [0.29, 0.717) is 0 Å². The normalized spacial score (nSPS) is 10.3. The van der Waals surface area contributed by atoms with Gasteiger partial charge in [0.25, 0.3) is 6.43 Å².